The molecule has 0 amide bonds. The van der Waals surface area contributed by atoms with E-state index < -0.39 is 0 Å². The van der Waals surface area contributed by atoms with E-state index in [2.05, 4.69) is 17.3 Å². The molecule has 1 atom stereocenters. The first kappa shape index (κ1) is 16.0. The number of benzene rings is 1. The number of nitrogens with zero attached hydrogens (tertiary/aromatic N) is 2. The normalized spacial score (nSPS) is 12.6. The predicted octanol–water partition coefficient (Wildman–Crippen LogP) is 3.80. The van der Waals surface area contributed by atoms with Gasteiger partial charge in [0.05, 0.1) is 10.7 Å². The Hall–Kier alpha value is -1.39. The van der Waals surface area contributed by atoms with Crippen molar-refractivity contribution in [3.63, 3.8) is 0 Å². The molecule has 2 aromatic rings. The van der Waals surface area contributed by atoms with Crippen LogP contribution in [0.3, 0.4) is 0 Å². The van der Waals surface area contributed by atoms with Crippen LogP contribution in [0, 0.1) is 12.7 Å². The van der Waals surface area contributed by atoms with Crippen molar-refractivity contribution in [2.75, 3.05) is 6.54 Å². The summed E-state index contributed by atoms with van der Waals surface area (Å²) < 4.78 is 16.1. The highest BCUT2D eigenvalue weighted by molar-refractivity contribution is 6.30. The summed E-state index contributed by atoms with van der Waals surface area (Å²) in [6, 6.07) is 7.07. The number of hydrogen-bond donors (Lipinski definition) is 1. The number of nitrogens with one attached hydrogen (secondary N) is 1. The number of hydrogen-bond acceptors (Lipinski definition) is 2. The molecule has 0 bridgehead atoms. The minimum Gasteiger partial charge on any atom is -0.310 e. The van der Waals surface area contributed by atoms with Gasteiger partial charge in [-0.1, -0.05) is 30.7 Å². The fourth-order valence-corrected chi connectivity index (χ4v) is 2.65. The van der Waals surface area contributed by atoms with Crippen LogP contribution < -0.4 is 5.32 Å². The van der Waals surface area contributed by atoms with E-state index >= 15 is 0 Å². The summed E-state index contributed by atoms with van der Waals surface area (Å²) in [7, 11) is 1.91. The maximum Gasteiger partial charge on any atom is 0.146 e. The van der Waals surface area contributed by atoms with Crippen LogP contribution in [0.5, 0.6) is 0 Å². The second-order valence-electron chi connectivity index (χ2n) is 5.25. The molecule has 0 spiro atoms. The average molecular weight is 310 g/mol. The van der Waals surface area contributed by atoms with Crippen LogP contribution in [0.25, 0.3) is 0 Å². The number of aryl methyl sites for hydroxylation is 2. The molecule has 0 aliphatic rings. The van der Waals surface area contributed by atoms with Gasteiger partial charge in [-0.2, -0.15) is 5.10 Å². The molecule has 0 aliphatic heterocycles. The molecule has 21 heavy (non-hydrogen) atoms. The van der Waals surface area contributed by atoms with Crippen LogP contribution >= 0.6 is 11.6 Å². The Labute approximate surface area is 130 Å². The Morgan fingerprint density at radius 3 is 2.81 bits per heavy atom. The second kappa shape index (κ2) is 7.05. The van der Waals surface area contributed by atoms with E-state index in [4.69, 9.17) is 11.6 Å². The molecule has 1 heterocycles. The summed E-state index contributed by atoms with van der Waals surface area (Å²) in [6.07, 6.45) is 1.66. The molecular formula is C16H21ClFN3. The Balaban J connectivity index is 2.29. The van der Waals surface area contributed by atoms with Crippen LogP contribution in [0.4, 0.5) is 4.39 Å². The summed E-state index contributed by atoms with van der Waals surface area (Å²) in [5.41, 5.74) is 2.64. The zero-order valence-corrected chi connectivity index (χ0v) is 13.4. The fourth-order valence-electron chi connectivity index (χ4n) is 2.46. The summed E-state index contributed by atoms with van der Waals surface area (Å²) in [5, 5.41) is 7.91. The number of rotatable bonds is 6. The molecule has 0 aliphatic carbocycles. The van der Waals surface area contributed by atoms with Gasteiger partial charge in [0.1, 0.15) is 5.82 Å². The highest BCUT2D eigenvalue weighted by atomic mass is 35.5. The highest BCUT2D eigenvalue weighted by Crippen LogP contribution is 2.26. The SMILES string of the molecule is CCCNC(Cc1cc(C)nn1C)c1cccc(Cl)c1F. The first-order valence-electron chi connectivity index (χ1n) is 7.19. The first-order valence-corrected chi connectivity index (χ1v) is 7.57. The molecule has 5 heteroatoms. The molecule has 2 rings (SSSR count). The fraction of sp³-hybridized carbons (Fsp3) is 0.438. The van der Waals surface area contributed by atoms with E-state index in [1.807, 2.05) is 24.7 Å². The van der Waals surface area contributed by atoms with Gasteiger partial charge in [-0.15, -0.1) is 0 Å². The number of halogens is 2. The minimum absolute atomic E-state index is 0.113. The van der Waals surface area contributed by atoms with E-state index in [-0.39, 0.29) is 16.9 Å². The second-order valence-corrected chi connectivity index (χ2v) is 5.66. The largest absolute Gasteiger partial charge is 0.310 e. The van der Waals surface area contributed by atoms with Crippen molar-refractivity contribution in [1.82, 2.24) is 15.1 Å². The van der Waals surface area contributed by atoms with Gasteiger partial charge in [0.15, 0.2) is 0 Å². The van der Waals surface area contributed by atoms with Crippen molar-refractivity contribution < 1.29 is 4.39 Å². The molecule has 0 radical (unpaired) electrons. The van der Waals surface area contributed by atoms with Crippen molar-refractivity contribution >= 4 is 11.6 Å². The molecule has 0 fully saturated rings. The highest BCUT2D eigenvalue weighted by Gasteiger charge is 2.19. The quantitative estimate of drug-likeness (QED) is 0.879. The van der Waals surface area contributed by atoms with Gasteiger partial charge in [-0.25, -0.2) is 4.39 Å². The standard InChI is InChI=1S/C16H21ClFN3/c1-4-8-19-15(10-12-9-11(2)20-21(12)3)13-6-5-7-14(17)16(13)18/h5-7,9,15,19H,4,8,10H2,1-3H3. The van der Waals surface area contributed by atoms with Crippen LogP contribution in [0.2, 0.25) is 5.02 Å². The van der Waals surface area contributed by atoms with Gasteiger partial charge in [0, 0.05) is 30.8 Å². The first-order chi connectivity index (χ1) is 10.0. The third-order valence-corrected chi connectivity index (χ3v) is 3.80. The van der Waals surface area contributed by atoms with Crippen molar-refractivity contribution in [1.29, 1.82) is 0 Å². The Morgan fingerprint density at radius 1 is 1.43 bits per heavy atom. The van der Waals surface area contributed by atoms with Crippen LogP contribution in [-0.4, -0.2) is 16.3 Å². The van der Waals surface area contributed by atoms with E-state index in [0.717, 1.165) is 24.4 Å². The van der Waals surface area contributed by atoms with Gasteiger partial charge >= 0.3 is 0 Å². The van der Waals surface area contributed by atoms with Crippen LogP contribution in [0.1, 0.15) is 36.3 Å². The summed E-state index contributed by atoms with van der Waals surface area (Å²) in [6.45, 7) is 4.87. The maximum atomic E-state index is 14.3. The average Bonchev–Trinajstić information content (AvgIpc) is 2.76. The van der Waals surface area contributed by atoms with Crippen molar-refractivity contribution in [2.45, 2.75) is 32.7 Å². The van der Waals surface area contributed by atoms with E-state index in [9.17, 15) is 4.39 Å². The third kappa shape index (κ3) is 3.83. The molecule has 1 aromatic carbocycles. The molecule has 1 aromatic heterocycles. The lowest BCUT2D eigenvalue weighted by atomic mass is 10.0. The molecule has 3 nitrogen and oxygen atoms in total. The summed E-state index contributed by atoms with van der Waals surface area (Å²) in [5.74, 6) is -0.341. The predicted molar refractivity (Wildman–Crippen MR) is 84.1 cm³/mol. The monoisotopic (exact) mass is 309 g/mol. The van der Waals surface area contributed by atoms with Crippen molar-refractivity contribution in [3.8, 4) is 0 Å². The molecule has 1 unspecified atom stereocenters. The van der Waals surface area contributed by atoms with Crippen molar-refractivity contribution in [3.05, 3.63) is 52.1 Å². The van der Waals surface area contributed by atoms with Crippen molar-refractivity contribution in [2.24, 2.45) is 7.05 Å². The van der Waals surface area contributed by atoms with E-state index in [1.165, 1.54) is 0 Å². The van der Waals surface area contributed by atoms with Gasteiger partial charge in [-0.3, -0.25) is 4.68 Å². The lowest BCUT2D eigenvalue weighted by Crippen LogP contribution is -2.26. The molecule has 0 saturated carbocycles. The van der Waals surface area contributed by atoms with Gasteiger partial charge < -0.3 is 5.32 Å². The topological polar surface area (TPSA) is 29.9 Å². The zero-order valence-electron chi connectivity index (χ0n) is 12.7. The molecule has 1 N–H and O–H groups in total. The summed E-state index contributed by atoms with van der Waals surface area (Å²) >= 11 is 5.91. The van der Waals surface area contributed by atoms with Gasteiger partial charge in [0.2, 0.25) is 0 Å². The van der Waals surface area contributed by atoms with Gasteiger partial charge in [-0.05, 0) is 32.0 Å². The molecule has 114 valence electrons. The van der Waals surface area contributed by atoms with Crippen LogP contribution in [-0.2, 0) is 13.5 Å². The Bertz CT molecular complexity index is 610. The minimum atomic E-state index is -0.341. The molecular weight excluding hydrogens is 289 g/mol. The van der Waals surface area contributed by atoms with Crippen LogP contribution in [0.15, 0.2) is 24.3 Å². The summed E-state index contributed by atoms with van der Waals surface area (Å²) in [4.78, 5) is 0. The van der Waals surface area contributed by atoms with Gasteiger partial charge in [0.25, 0.3) is 0 Å². The lowest BCUT2D eigenvalue weighted by molar-refractivity contribution is 0.485. The third-order valence-electron chi connectivity index (χ3n) is 3.51. The number of aromatic nitrogens is 2. The Morgan fingerprint density at radius 2 is 2.19 bits per heavy atom. The zero-order chi connectivity index (χ0) is 15.4. The Kier molecular flexibility index (Phi) is 5.37. The van der Waals surface area contributed by atoms with E-state index in [1.54, 1.807) is 18.2 Å². The maximum absolute atomic E-state index is 14.3. The van der Waals surface area contributed by atoms with E-state index in [0.29, 0.717) is 12.0 Å². The molecule has 0 saturated heterocycles. The smallest absolute Gasteiger partial charge is 0.146 e. The lowest BCUT2D eigenvalue weighted by Gasteiger charge is -2.20.